The third-order valence-corrected chi connectivity index (χ3v) is 5.55. The molecule has 0 aliphatic heterocycles. The van der Waals surface area contributed by atoms with E-state index < -0.39 is 6.04 Å². The van der Waals surface area contributed by atoms with Crippen LogP contribution in [-0.2, 0) is 16.0 Å². The SMILES string of the molecule is CCN(CCC(C)c1ccc(Cl)cc1)C(=O)[C@H](NC(=O)Cc1cccnc1)C(C)C. The van der Waals surface area contributed by atoms with Crippen LogP contribution in [0.15, 0.2) is 48.8 Å². The van der Waals surface area contributed by atoms with Gasteiger partial charge in [0.2, 0.25) is 11.8 Å². The smallest absolute Gasteiger partial charge is 0.245 e. The van der Waals surface area contributed by atoms with Crippen molar-refractivity contribution in [3.63, 3.8) is 0 Å². The number of aromatic nitrogens is 1. The molecule has 0 fully saturated rings. The summed E-state index contributed by atoms with van der Waals surface area (Å²) >= 11 is 5.97. The predicted octanol–water partition coefficient (Wildman–Crippen LogP) is 4.46. The van der Waals surface area contributed by atoms with Crippen molar-refractivity contribution in [1.29, 1.82) is 0 Å². The Bertz CT molecular complexity index is 809. The lowest BCUT2D eigenvalue weighted by atomic mass is 9.97. The van der Waals surface area contributed by atoms with Gasteiger partial charge in [-0.15, -0.1) is 0 Å². The van der Waals surface area contributed by atoms with E-state index in [4.69, 9.17) is 11.6 Å². The number of rotatable bonds is 10. The second-order valence-corrected chi connectivity index (χ2v) is 8.42. The Morgan fingerprint density at radius 1 is 1.13 bits per heavy atom. The van der Waals surface area contributed by atoms with Gasteiger partial charge >= 0.3 is 0 Å². The number of amides is 2. The van der Waals surface area contributed by atoms with Gasteiger partial charge in [-0.1, -0.05) is 50.6 Å². The van der Waals surface area contributed by atoms with Crippen LogP contribution in [0.1, 0.15) is 51.2 Å². The van der Waals surface area contributed by atoms with E-state index in [1.54, 1.807) is 18.5 Å². The van der Waals surface area contributed by atoms with Crippen molar-refractivity contribution in [2.75, 3.05) is 13.1 Å². The second-order valence-electron chi connectivity index (χ2n) is 7.99. The summed E-state index contributed by atoms with van der Waals surface area (Å²) in [6.07, 6.45) is 4.40. The first-order valence-corrected chi connectivity index (χ1v) is 10.9. The number of likely N-dealkylation sites (N-methyl/N-ethyl adjacent to an activating group) is 1. The number of nitrogens with zero attached hydrogens (tertiary/aromatic N) is 2. The van der Waals surface area contributed by atoms with Crippen LogP contribution < -0.4 is 5.32 Å². The molecule has 0 radical (unpaired) electrons. The summed E-state index contributed by atoms with van der Waals surface area (Å²) in [7, 11) is 0. The lowest BCUT2D eigenvalue weighted by Gasteiger charge is -2.30. The third kappa shape index (κ3) is 7.13. The van der Waals surface area contributed by atoms with Crippen molar-refractivity contribution in [1.82, 2.24) is 15.2 Å². The Labute approximate surface area is 184 Å². The van der Waals surface area contributed by atoms with Crippen molar-refractivity contribution in [3.05, 3.63) is 64.9 Å². The summed E-state index contributed by atoms with van der Waals surface area (Å²) in [6.45, 7) is 9.28. The van der Waals surface area contributed by atoms with E-state index in [-0.39, 0.29) is 24.2 Å². The van der Waals surface area contributed by atoms with Crippen LogP contribution in [0, 0.1) is 5.92 Å². The normalized spacial score (nSPS) is 13.0. The van der Waals surface area contributed by atoms with Gasteiger partial charge in [0.05, 0.1) is 6.42 Å². The first-order valence-electron chi connectivity index (χ1n) is 10.5. The molecule has 0 spiro atoms. The van der Waals surface area contributed by atoms with Crippen LogP contribution in [0.3, 0.4) is 0 Å². The average Bonchev–Trinajstić information content (AvgIpc) is 2.73. The number of halogens is 1. The maximum atomic E-state index is 13.2. The summed E-state index contributed by atoms with van der Waals surface area (Å²) in [6, 6.07) is 11.0. The van der Waals surface area contributed by atoms with Crippen LogP contribution >= 0.6 is 11.6 Å². The highest BCUT2D eigenvalue weighted by atomic mass is 35.5. The van der Waals surface area contributed by atoms with Crippen molar-refractivity contribution in [2.45, 2.75) is 52.5 Å². The molecule has 5 nitrogen and oxygen atoms in total. The summed E-state index contributed by atoms with van der Waals surface area (Å²) in [5.74, 6) is 0.107. The maximum absolute atomic E-state index is 13.2. The van der Waals surface area contributed by atoms with Crippen molar-refractivity contribution < 1.29 is 9.59 Å². The van der Waals surface area contributed by atoms with Gasteiger partial charge in [-0.05, 0) is 54.5 Å². The summed E-state index contributed by atoms with van der Waals surface area (Å²) in [4.78, 5) is 31.6. The summed E-state index contributed by atoms with van der Waals surface area (Å²) in [5.41, 5.74) is 2.03. The van der Waals surface area contributed by atoms with Gasteiger partial charge in [0.15, 0.2) is 0 Å². The van der Waals surface area contributed by atoms with E-state index in [2.05, 4.69) is 17.2 Å². The molecule has 0 saturated carbocycles. The number of carbonyl (C=O) groups is 2. The first-order chi connectivity index (χ1) is 14.3. The van der Waals surface area contributed by atoms with E-state index in [0.29, 0.717) is 19.0 Å². The van der Waals surface area contributed by atoms with Gasteiger partial charge in [0, 0.05) is 30.5 Å². The van der Waals surface area contributed by atoms with Gasteiger partial charge < -0.3 is 10.2 Å². The molecule has 30 heavy (non-hydrogen) atoms. The molecule has 1 aromatic carbocycles. The van der Waals surface area contributed by atoms with Gasteiger partial charge in [0.25, 0.3) is 0 Å². The van der Waals surface area contributed by atoms with Crippen LogP contribution in [0.4, 0.5) is 0 Å². The van der Waals surface area contributed by atoms with E-state index in [1.165, 1.54) is 5.56 Å². The fourth-order valence-corrected chi connectivity index (χ4v) is 3.48. The minimum absolute atomic E-state index is 0.00177. The zero-order valence-electron chi connectivity index (χ0n) is 18.3. The van der Waals surface area contributed by atoms with Crippen LogP contribution in [0.5, 0.6) is 0 Å². The fourth-order valence-electron chi connectivity index (χ4n) is 3.35. The molecule has 1 unspecified atom stereocenters. The van der Waals surface area contributed by atoms with Gasteiger partial charge in [-0.3, -0.25) is 14.6 Å². The fraction of sp³-hybridized carbons (Fsp3) is 0.458. The van der Waals surface area contributed by atoms with Gasteiger partial charge in [-0.2, -0.15) is 0 Å². The minimum Gasteiger partial charge on any atom is -0.344 e. The van der Waals surface area contributed by atoms with Crippen molar-refractivity contribution >= 4 is 23.4 Å². The number of nitrogens with one attached hydrogen (secondary N) is 1. The quantitative estimate of drug-likeness (QED) is 0.606. The number of pyridine rings is 1. The standard InChI is InChI=1S/C24H32ClN3O2/c1-5-28(14-12-18(4)20-8-10-21(25)11-9-20)24(30)23(17(2)3)27-22(29)15-19-7-6-13-26-16-19/h6-11,13,16-18,23H,5,12,14-15H2,1-4H3,(H,27,29)/t18?,23-/m1/s1. The Morgan fingerprint density at radius 2 is 1.83 bits per heavy atom. The van der Waals surface area contributed by atoms with Crippen LogP contribution in [0.25, 0.3) is 0 Å². The van der Waals surface area contributed by atoms with Gasteiger partial charge in [0.1, 0.15) is 6.04 Å². The lowest BCUT2D eigenvalue weighted by Crippen LogP contribution is -2.51. The molecule has 1 heterocycles. The molecule has 162 valence electrons. The molecular formula is C24H32ClN3O2. The number of benzene rings is 1. The minimum atomic E-state index is -0.542. The second kappa shape index (κ2) is 11.7. The number of hydrogen-bond donors (Lipinski definition) is 1. The van der Waals surface area contributed by atoms with E-state index >= 15 is 0 Å². The van der Waals surface area contributed by atoms with Crippen LogP contribution in [0.2, 0.25) is 5.02 Å². The molecule has 0 saturated heterocycles. The molecule has 1 aromatic heterocycles. The Hall–Kier alpha value is -2.40. The highest BCUT2D eigenvalue weighted by Gasteiger charge is 2.28. The molecule has 2 aromatic rings. The monoisotopic (exact) mass is 429 g/mol. The molecule has 0 aliphatic carbocycles. The number of hydrogen-bond acceptors (Lipinski definition) is 3. The maximum Gasteiger partial charge on any atom is 0.245 e. The zero-order valence-corrected chi connectivity index (χ0v) is 19.0. The highest BCUT2D eigenvalue weighted by molar-refractivity contribution is 6.30. The van der Waals surface area contributed by atoms with E-state index in [0.717, 1.165) is 17.0 Å². The Kier molecular flexibility index (Phi) is 9.31. The first kappa shape index (κ1) is 23.9. The molecule has 0 aliphatic rings. The average molecular weight is 430 g/mol. The van der Waals surface area contributed by atoms with Crippen LogP contribution in [-0.4, -0.2) is 40.8 Å². The Morgan fingerprint density at radius 3 is 2.40 bits per heavy atom. The van der Waals surface area contributed by atoms with Gasteiger partial charge in [-0.25, -0.2) is 0 Å². The summed E-state index contributed by atoms with van der Waals surface area (Å²) in [5, 5.41) is 3.65. The zero-order chi connectivity index (χ0) is 22.1. The van der Waals surface area contributed by atoms with Crippen molar-refractivity contribution in [2.24, 2.45) is 5.92 Å². The number of carbonyl (C=O) groups excluding carboxylic acids is 2. The molecule has 0 bridgehead atoms. The molecule has 2 amide bonds. The summed E-state index contributed by atoms with van der Waals surface area (Å²) < 4.78 is 0. The van der Waals surface area contributed by atoms with E-state index in [9.17, 15) is 9.59 Å². The molecule has 2 rings (SSSR count). The molecule has 1 N–H and O–H groups in total. The predicted molar refractivity (Wildman–Crippen MR) is 121 cm³/mol. The lowest BCUT2D eigenvalue weighted by molar-refractivity contribution is -0.137. The van der Waals surface area contributed by atoms with E-state index in [1.807, 2.05) is 56.0 Å². The largest absolute Gasteiger partial charge is 0.344 e. The topological polar surface area (TPSA) is 62.3 Å². The molecule has 2 atom stereocenters. The highest BCUT2D eigenvalue weighted by Crippen LogP contribution is 2.21. The third-order valence-electron chi connectivity index (χ3n) is 5.30. The molecular weight excluding hydrogens is 398 g/mol. The van der Waals surface area contributed by atoms with Crippen molar-refractivity contribution in [3.8, 4) is 0 Å². The Balaban J connectivity index is 1.97. The molecule has 6 heteroatoms.